The number of halogens is 1. The van der Waals surface area contributed by atoms with Gasteiger partial charge in [-0.1, -0.05) is 19.1 Å². The number of aliphatic hydroxyl groups is 1. The Bertz CT molecular complexity index is 942. The molecule has 0 saturated carbocycles. The van der Waals surface area contributed by atoms with Crippen molar-refractivity contribution in [3.05, 3.63) is 53.1 Å². The first-order chi connectivity index (χ1) is 16.6. The predicted molar refractivity (Wildman–Crippen MR) is 128 cm³/mol. The quantitative estimate of drug-likeness (QED) is 0.538. The normalized spacial score (nSPS) is 17.1. The van der Waals surface area contributed by atoms with Gasteiger partial charge in [0.25, 0.3) is 0 Å². The van der Waals surface area contributed by atoms with Gasteiger partial charge in [0.05, 0.1) is 13.0 Å². The highest BCUT2D eigenvalue weighted by atomic mass is 19.1. The van der Waals surface area contributed by atoms with Crippen molar-refractivity contribution in [3.63, 3.8) is 0 Å². The standard InChI is InChI=1S/C26H35FN4O3/c1-2-19-13-28-26(29-14-19)30-8-5-20(6-9-30)7-10-34-18-21-3-4-23(24(27)11-21)12-25(33)31-15-22(16-31)17-32/h3-4,11,13-14,20,22,32H,2,5-10,12,15-18H2,1H3. The Morgan fingerprint density at radius 2 is 1.88 bits per heavy atom. The number of rotatable bonds is 10. The van der Waals surface area contributed by atoms with Gasteiger partial charge >= 0.3 is 0 Å². The lowest BCUT2D eigenvalue weighted by Crippen LogP contribution is -2.51. The van der Waals surface area contributed by atoms with Crippen LogP contribution >= 0.6 is 0 Å². The predicted octanol–water partition coefficient (Wildman–Crippen LogP) is 2.99. The molecule has 8 heteroatoms. The highest BCUT2D eigenvalue weighted by molar-refractivity contribution is 5.79. The van der Waals surface area contributed by atoms with Crippen LogP contribution in [-0.4, -0.2) is 65.3 Å². The Balaban J connectivity index is 1.14. The molecule has 0 radical (unpaired) electrons. The summed E-state index contributed by atoms with van der Waals surface area (Å²) in [7, 11) is 0. The summed E-state index contributed by atoms with van der Waals surface area (Å²) in [6.45, 7) is 6.24. The average Bonchev–Trinajstić information content (AvgIpc) is 2.83. The molecule has 2 aliphatic rings. The van der Waals surface area contributed by atoms with Crippen molar-refractivity contribution in [2.75, 3.05) is 44.3 Å². The molecule has 0 aliphatic carbocycles. The minimum Gasteiger partial charge on any atom is -0.396 e. The number of anilines is 1. The Hall–Kier alpha value is -2.58. The number of aromatic nitrogens is 2. The molecule has 4 rings (SSSR count). The second-order valence-electron chi connectivity index (χ2n) is 9.47. The number of hydrogen-bond donors (Lipinski definition) is 1. The molecule has 2 aliphatic heterocycles. The molecule has 1 N–H and O–H groups in total. The van der Waals surface area contributed by atoms with E-state index in [4.69, 9.17) is 9.84 Å². The molecule has 1 aromatic heterocycles. The molecule has 0 bridgehead atoms. The lowest BCUT2D eigenvalue weighted by Gasteiger charge is -2.38. The number of aryl methyl sites for hydroxylation is 1. The van der Waals surface area contributed by atoms with Gasteiger partial charge in [-0.15, -0.1) is 0 Å². The first-order valence-electron chi connectivity index (χ1n) is 12.3. The number of aliphatic hydroxyl groups excluding tert-OH is 1. The van der Waals surface area contributed by atoms with Crippen molar-refractivity contribution in [3.8, 4) is 0 Å². The second-order valence-corrected chi connectivity index (χ2v) is 9.47. The Morgan fingerprint density at radius 1 is 1.15 bits per heavy atom. The summed E-state index contributed by atoms with van der Waals surface area (Å²) in [5.74, 6) is 1.13. The highest BCUT2D eigenvalue weighted by Gasteiger charge is 2.30. The van der Waals surface area contributed by atoms with Gasteiger partial charge in [-0.05, 0) is 54.4 Å². The van der Waals surface area contributed by atoms with Gasteiger partial charge < -0.3 is 19.6 Å². The lowest BCUT2D eigenvalue weighted by atomic mass is 9.94. The first-order valence-corrected chi connectivity index (χ1v) is 12.3. The van der Waals surface area contributed by atoms with E-state index in [1.165, 1.54) is 6.07 Å². The third kappa shape index (κ3) is 6.30. The van der Waals surface area contributed by atoms with Crippen molar-refractivity contribution < 1.29 is 19.0 Å². The van der Waals surface area contributed by atoms with E-state index in [0.29, 0.717) is 37.8 Å². The van der Waals surface area contributed by atoms with Crippen LogP contribution in [0.1, 0.15) is 42.9 Å². The molecule has 1 aromatic carbocycles. The van der Waals surface area contributed by atoms with Crippen LogP contribution in [0.2, 0.25) is 0 Å². The zero-order chi connectivity index (χ0) is 23.9. The third-order valence-electron chi connectivity index (χ3n) is 6.96. The van der Waals surface area contributed by atoms with Gasteiger partial charge in [0.15, 0.2) is 0 Å². The number of ether oxygens (including phenoxy) is 1. The second kappa shape index (κ2) is 11.7. The van der Waals surface area contributed by atoms with Gasteiger partial charge in [0, 0.05) is 57.7 Å². The van der Waals surface area contributed by atoms with Gasteiger partial charge in [-0.3, -0.25) is 4.79 Å². The highest BCUT2D eigenvalue weighted by Crippen LogP contribution is 2.23. The van der Waals surface area contributed by atoms with Gasteiger partial charge in [-0.25, -0.2) is 14.4 Å². The number of likely N-dealkylation sites (tertiary alicyclic amines) is 1. The number of carbonyl (C=O) groups excluding carboxylic acids is 1. The lowest BCUT2D eigenvalue weighted by molar-refractivity contribution is -0.137. The smallest absolute Gasteiger partial charge is 0.227 e. The fraction of sp³-hybridized carbons (Fsp3) is 0.577. The maximum Gasteiger partial charge on any atom is 0.227 e. The van der Waals surface area contributed by atoms with Crippen molar-refractivity contribution in [2.24, 2.45) is 11.8 Å². The molecule has 3 heterocycles. The summed E-state index contributed by atoms with van der Waals surface area (Å²) in [5.41, 5.74) is 2.34. The van der Waals surface area contributed by atoms with E-state index in [1.54, 1.807) is 11.0 Å². The van der Waals surface area contributed by atoms with E-state index in [2.05, 4.69) is 21.8 Å². The van der Waals surface area contributed by atoms with Crippen LogP contribution in [-0.2, 0) is 29.0 Å². The van der Waals surface area contributed by atoms with E-state index in [-0.39, 0.29) is 30.7 Å². The van der Waals surface area contributed by atoms with Gasteiger partial charge in [0.2, 0.25) is 11.9 Å². The van der Waals surface area contributed by atoms with E-state index in [0.717, 1.165) is 55.8 Å². The minimum absolute atomic E-state index is 0.0532. The van der Waals surface area contributed by atoms with Crippen LogP contribution in [0.5, 0.6) is 0 Å². The zero-order valence-electron chi connectivity index (χ0n) is 20.0. The zero-order valence-corrected chi connectivity index (χ0v) is 20.0. The number of amides is 1. The van der Waals surface area contributed by atoms with E-state index in [9.17, 15) is 9.18 Å². The molecule has 0 unspecified atom stereocenters. The molecule has 7 nitrogen and oxygen atoms in total. The fourth-order valence-corrected chi connectivity index (χ4v) is 4.54. The van der Waals surface area contributed by atoms with Crippen LogP contribution in [0.25, 0.3) is 0 Å². The summed E-state index contributed by atoms with van der Waals surface area (Å²) in [6.07, 6.45) is 8.00. The number of piperidine rings is 1. The Morgan fingerprint density at radius 3 is 2.53 bits per heavy atom. The maximum atomic E-state index is 14.5. The third-order valence-corrected chi connectivity index (χ3v) is 6.96. The number of nitrogens with zero attached hydrogens (tertiary/aromatic N) is 4. The van der Waals surface area contributed by atoms with Crippen LogP contribution in [0.15, 0.2) is 30.6 Å². The summed E-state index contributed by atoms with van der Waals surface area (Å²) in [4.78, 5) is 25.1. The van der Waals surface area contributed by atoms with E-state index < -0.39 is 0 Å². The SMILES string of the molecule is CCc1cnc(N2CCC(CCOCc3ccc(CC(=O)N4CC(CO)C4)c(F)c3)CC2)nc1. The fourth-order valence-electron chi connectivity index (χ4n) is 4.54. The molecular weight excluding hydrogens is 435 g/mol. The van der Waals surface area contributed by atoms with Gasteiger partial charge in [0.1, 0.15) is 5.82 Å². The number of benzene rings is 1. The van der Waals surface area contributed by atoms with E-state index in [1.807, 2.05) is 18.5 Å². The van der Waals surface area contributed by atoms with Crippen LogP contribution in [0.4, 0.5) is 10.3 Å². The molecule has 184 valence electrons. The number of hydrogen-bond acceptors (Lipinski definition) is 6. The Labute approximate surface area is 201 Å². The molecule has 0 atom stereocenters. The average molecular weight is 471 g/mol. The maximum absolute atomic E-state index is 14.5. The Kier molecular flexibility index (Phi) is 8.45. The molecule has 2 aromatic rings. The van der Waals surface area contributed by atoms with Crippen molar-refractivity contribution in [1.29, 1.82) is 0 Å². The van der Waals surface area contributed by atoms with E-state index >= 15 is 0 Å². The molecule has 2 fully saturated rings. The first kappa shape index (κ1) is 24.5. The molecular formula is C26H35FN4O3. The molecule has 1 amide bonds. The van der Waals surface area contributed by atoms with Crippen molar-refractivity contribution in [1.82, 2.24) is 14.9 Å². The monoisotopic (exact) mass is 470 g/mol. The minimum atomic E-state index is -0.366. The summed E-state index contributed by atoms with van der Waals surface area (Å²) in [6, 6.07) is 4.98. The summed E-state index contributed by atoms with van der Waals surface area (Å²) < 4.78 is 20.3. The molecule has 0 spiro atoms. The summed E-state index contributed by atoms with van der Waals surface area (Å²) >= 11 is 0. The largest absolute Gasteiger partial charge is 0.396 e. The van der Waals surface area contributed by atoms with Gasteiger partial charge in [-0.2, -0.15) is 0 Å². The van der Waals surface area contributed by atoms with Crippen molar-refractivity contribution in [2.45, 2.75) is 45.6 Å². The van der Waals surface area contributed by atoms with Crippen LogP contribution < -0.4 is 4.90 Å². The van der Waals surface area contributed by atoms with Crippen LogP contribution in [0.3, 0.4) is 0 Å². The van der Waals surface area contributed by atoms with Crippen LogP contribution in [0, 0.1) is 17.7 Å². The summed E-state index contributed by atoms with van der Waals surface area (Å²) in [5, 5.41) is 9.06. The number of carbonyl (C=O) groups is 1. The topological polar surface area (TPSA) is 78.8 Å². The van der Waals surface area contributed by atoms with Crippen molar-refractivity contribution >= 4 is 11.9 Å². The molecule has 2 saturated heterocycles. The molecule has 34 heavy (non-hydrogen) atoms.